The van der Waals surface area contributed by atoms with E-state index in [1.165, 1.54) is 0 Å². The third kappa shape index (κ3) is 3.88. The fourth-order valence-corrected chi connectivity index (χ4v) is 2.89. The summed E-state index contributed by atoms with van der Waals surface area (Å²) in [6.45, 7) is 0.435. The first kappa shape index (κ1) is 17.2. The molecular weight excluding hydrogens is 384 g/mol. The third-order valence-electron chi connectivity index (χ3n) is 3.76. The Morgan fingerprint density at radius 3 is 2.80 bits per heavy atom. The average Bonchev–Trinajstić information content (AvgIpc) is 3.16. The summed E-state index contributed by atoms with van der Waals surface area (Å²) in [4.78, 5) is 22.6. The lowest BCUT2D eigenvalue weighted by molar-refractivity contribution is 0.0784. The second-order valence-electron chi connectivity index (χ2n) is 5.49. The number of carbonyl (C=O) groups is 1. The van der Waals surface area contributed by atoms with Crippen molar-refractivity contribution in [1.29, 1.82) is 0 Å². The molecule has 0 fully saturated rings. The van der Waals surface area contributed by atoms with Gasteiger partial charge in [0.05, 0.1) is 12.7 Å². The van der Waals surface area contributed by atoms with Crippen LogP contribution in [0.2, 0.25) is 0 Å². The fourth-order valence-electron chi connectivity index (χ4n) is 2.48. The Kier molecular flexibility index (Phi) is 5.14. The number of methoxy groups -OCH3 is 1. The molecule has 0 saturated carbocycles. The van der Waals surface area contributed by atoms with Gasteiger partial charge in [0.25, 0.3) is 5.91 Å². The van der Waals surface area contributed by atoms with Crippen LogP contribution in [0.15, 0.2) is 59.7 Å². The second-order valence-corrected chi connectivity index (χ2v) is 6.41. The third-order valence-corrected chi connectivity index (χ3v) is 4.25. The van der Waals surface area contributed by atoms with Gasteiger partial charge in [-0.15, -0.1) is 0 Å². The number of imidazole rings is 1. The molecule has 0 bridgehead atoms. The van der Waals surface area contributed by atoms with Crippen molar-refractivity contribution in [2.24, 2.45) is 0 Å². The highest BCUT2D eigenvalue weighted by Gasteiger charge is 2.15. The molecule has 7 heteroatoms. The summed E-state index contributed by atoms with van der Waals surface area (Å²) in [5.74, 6) is 1.36. The van der Waals surface area contributed by atoms with Crippen molar-refractivity contribution in [1.82, 2.24) is 19.4 Å². The van der Waals surface area contributed by atoms with Crippen LogP contribution in [0, 0.1) is 0 Å². The van der Waals surface area contributed by atoms with Gasteiger partial charge in [0, 0.05) is 42.2 Å². The largest absolute Gasteiger partial charge is 0.496 e. The van der Waals surface area contributed by atoms with E-state index in [4.69, 9.17) is 4.74 Å². The number of hydrogen-bond donors (Lipinski definition) is 0. The molecule has 0 unspecified atom stereocenters. The molecule has 0 spiro atoms. The lowest BCUT2D eigenvalue weighted by Gasteiger charge is -2.19. The number of nitrogens with zero attached hydrogens (tertiary/aromatic N) is 4. The Balaban J connectivity index is 1.75. The Hall–Kier alpha value is -2.67. The molecule has 0 saturated heterocycles. The van der Waals surface area contributed by atoms with Crippen LogP contribution >= 0.6 is 15.9 Å². The minimum absolute atomic E-state index is 0.105. The van der Waals surface area contributed by atoms with E-state index in [0.29, 0.717) is 17.9 Å². The van der Waals surface area contributed by atoms with Crippen LogP contribution < -0.4 is 4.74 Å². The zero-order valence-corrected chi connectivity index (χ0v) is 15.5. The number of benzene rings is 1. The quantitative estimate of drug-likeness (QED) is 0.658. The molecule has 1 amide bonds. The van der Waals surface area contributed by atoms with Crippen molar-refractivity contribution in [3.63, 3.8) is 0 Å². The van der Waals surface area contributed by atoms with E-state index >= 15 is 0 Å². The topological polar surface area (TPSA) is 60.2 Å². The van der Waals surface area contributed by atoms with Gasteiger partial charge in [-0.25, -0.2) is 9.97 Å². The molecule has 0 aliphatic rings. The average molecular weight is 401 g/mol. The Bertz CT molecular complexity index is 863. The van der Waals surface area contributed by atoms with Crippen LogP contribution in [-0.4, -0.2) is 39.5 Å². The van der Waals surface area contributed by atoms with Gasteiger partial charge in [0.15, 0.2) is 0 Å². The number of hydrogen-bond acceptors (Lipinski definition) is 4. The Labute approximate surface area is 154 Å². The van der Waals surface area contributed by atoms with Crippen molar-refractivity contribution in [2.45, 2.75) is 6.54 Å². The zero-order chi connectivity index (χ0) is 17.8. The molecule has 25 heavy (non-hydrogen) atoms. The van der Waals surface area contributed by atoms with E-state index in [2.05, 4.69) is 25.9 Å². The van der Waals surface area contributed by atoms with E-state index in [1.807, 2.05) is 18.2 Å². The zero-order valence-electron chi connectivity index (χ0n) is 13.9. The molecular formula is C18H17BrN4O2. The van der Waals surface area contributed by atoms with Crippen LogP contribution in [0.1, 0.15) is 15.9 Å². The van der Waals surface area contributed by atoms with E-state index in [9.17, 15) is 4.79 Å². The van der Waals surface area contributed by atoms with Crippen molar-refractivity contribution in [3.8, 4) is 11.6 Å². The van der Waals surface area contributed by atoms with Gasteiger partial charge in [0.2, 0.25) is 0 Å². The van der Waals surface area contributed by atoms with Crippen molar-refractivity contribution in [2.75, 3.05) is 14.2 Å². The molecule has 0 atom stereocenters. The summed E-state index contributed by atoms with van der Waals surface area (Å²) in [6.07, 6.45) is 6.72. The highest BCUT2D eigenvalue weighted by atomic mass is 79.9. The molecule has 3 aromatic rings. The van der Waals surface area contributed by atoms with Crippen LogP contribution in [0.4, 0.5) is 0 Å². The molecule has 0 N–H and O–H groups in total. The first-order chi connectivity index (χ1) is 12.1. The van der Waals surface area contributed by atoms with Gasteiger partial charge >= 0.3 is 0 Å². The molecule has 0 aliphatic heterocycles. The number of aromatic nitrogens is 3. The first-order valence-corrected chi connectivity index (χ1v) is 8.40. The minimum atomic E-state index is -0.105. The van der Waals surface area contributed by atoms with E-state index < -0.39 is 0 Å². The summed E-state index contributed by atoms with van der Waals surface area (Å²) in [6, 6.07) is 9.28. The summed E-state index contributed by atoms with van der Waals surface area (Å²) >= 11 is 3.45. The Morgan fingerprint density at radius 2 is 2.16 bits per heavy atom. The minimum Gasteiger partial charge on any atom is -0.496 e. The predicted molar refractivity (Wildman–Crippen MR) is 97.9 cm³/mol. The van der Waals surface area contributed by atoms with Crippen LogP contribution in [-0.2, 0) is 6.54 Å². The standard InChI is InChI=1S/C18H17BrN4O2/c1-22(11-14-9-15(19)4-5-16(14)25-2)18(24)13-3-6-17(21-10-13)23-8-7-20-12-23/h3-10,12H,11H2,1-2H3. The molecule has 0 aliphatic carbocycles. The molecule has 6 nitrogen and oxygen atoms in total. The fraction of sp³-hybridized carbons (Fsp3) is 0.167. The van der Waals surface area contributed by atoms with E-state index in [0.717, 1.165) is 15.8 Å². The second kappa shape index (κ2) is 7.48. The maximum atomic E-state index is 12.6. The smallest absolute Gasteiger partial charge is 0.255 e. The van der Waals surface area contributed by atoms with Gasteiger partial charge in [-0.2, -0.15) is 0 Å². The SMILES string of the molecule is COc1ccc(Br)cc1CN(C)C(=O)c1ccc(-n2ccnc2)nc1. The number of rotatable bonds is 5. The molecule has 0 radical (unpaired) electrons. The summed E-state index contributed by atoms with van der Waals surface area (Å²) < 4.78 is 8.09. The number of amides is 1. The first-order valence-electron chi connectivity index (χ1n) is 7.61. The van der Waals surface area contributed by atoms with Gasteiger partial charge < -0.3 is 9.64 Å². The van der Waals surface area contributed by atoms with Crippen molar-refractivity contribution < 1.29 is 9.53 Å². The number of halogens is 1. The van der Waals surface area contributed by atoms with E-state index in [1.54, 1.807) is 60.7 Å². The molecule has 2 heterocycles. The predicted octanol–water partition coefficient (Wildman–Crippen LogP) is 3.31. The highest BCUT2D eigenvalue weighted by molar-refractivity contribution is 9.10. The van der Waals surface area contributed by atoms with Gasteiger partial charge in [0.1, 0.15) is 17.9 Å². The number of ether oxygens (including phenoxy) is 1. The molecule has 2 aromatic heterocycles. The van der Waals surface area contributed by atoms with E-state index in [-0.39, 0.29) is 5.91 Å². The van der Waals surface area contributed by atoms with Crippen molar-refractivity contribution >= 4 is 21.8 Å². The number of pyridine rings is 1. The monoisotopic (exact) mass is 400 g/mol. The lowest BCUT2D eigenvalue weighted by atomic mass is 10.1. The summed E-state index contributed by atoms with van der Waals surface area (Å²) in [5.41, 5.74) is 1.45. The summed E-state index contributed by atoms with van der Waals surface area (Å²) in [7, 11) is 3.37. The van der Waals surface area contributed by atoms with Crippen LogP contribution in [0.25, 0.3) is 5.82 Å². The molecule has 128 valence electrons. The highest BCUT2D eigenvalue weighted by Crippen LogP contribution is 2.24. The number of carbonyl (C=O) groups excluding carboxylic acids is 1. The normalized spacial score (nSPS) is 10.5. The van der Waals surface area contributed by atoms with Gasteiger partial charge in [-0.3, -0.25) is 9.36 Å². The molecule has 3 rings (SSSR count). The Morgan fingerprint density at radius 1 is 1.32 bits per heavy atom. The van der Waals surface area contributed by atoms with Crippen LogP contribution in [0.5, 0.6) is 5.75 Å². The van der Waals surface area contributed by atoms with Gasteiger partial charge in [-0.1, -0.05) is 15.9 Å². The van der Waals surface area contributed by atoms with Crippen molar-refractivity contribution in [3.05, 3.63) is 70.8 Å². The molecule has 1 aromatic carbocycles. The lowest BCUT2D eigenvalue weighted by Crippen LogP contribution is -2.26. The maximum absolute atomic E-state index is 12.6. The summed E-state index contributed by atoms with van der Waals surface area (Å²) in [5, 5.41) is 0. The maximum Gasteiger partial charge on any atom is 0.255 e. The van der Waals surface area contributed by atoms with Gasteiger partial charge in [-0.05, 0) is 30.3 Å². The van der Waals surface area contributed by atoms with Crippen LogP contribution in [0.3, 0.4) is 0 Å².